The van der Waals surface area contributed by atoms with Gasteiger partial charge in [0.15, 0.2) is 0 Å². The summed E-state index contributed by atoms with van der Waals surface area (Å²) < 4.78 is 1.14. The predicted octanol–water partition coefficient (Wildman–Crippen LogP) is 5.55. The molecule has 2 heterocycles. The molecule has 1 fully saturated rings. The van der Waals surface area contributed by atoms with Crippen molar-refractivity contribution in [1.29, 1.82) is 0 Å². The van der Waals surface area contributed by atoms with Crippen molar-refractivity contribution in [3.05, 3.63) is 70.6 Å². The van der Waals surface area contributed by atoms with Crippen molar-refractivity contribution in [3.63, 3.8) is 0 Å². The number of hydrogen-bond acceptors (Lipinski definition) is 3. The zero-order valence-corrected chi connectivity index (χ0v) is 19.9. The lowest BCUT2D eigenvalue weighted by Crippen LogP contribution is -2.41. The van der Waals surface area contributed by atoms with Gasteiger partial charge in [-0.2, -0.15) is 0 Å². The average molecular weight is 449 g/mol. The van der Waals surface area contributed by atoms with Gasteiger partial charge in [-0.15, -0.1) is 11.3 Å². The molecule has 1 aromatic heterocycles. The molecule has 0 bridgehead atoms. The summed E-state index contributed by atoms with van der Waals surface area (Å²) in [6.45, 7) is 0.817. The smallest absolute Gasteiger partial charge is 0.263 e. The first-order valence-electron chi connectivity index (χ1n) is 11.6. The monoisotopic (exact) mass is 448 g/mol. The van der Waals surface area contributed by atoms with E-state index in [1.165, 1.54) is 5.56 Å². The van der Waals surface area contributed by atoms with Crippen molar-refractivity contribution < 1.29 is 9.59 Å². The van der Waals surface area contributed by atoms with Gasteiger partial charge in [-0.3, -0.25) is 9.59 Å². The van der Waals surface area contributed by atoms with Crippen LogP contribution in [0.15, 0.2) is 54.6 Å². The zero-order valence-electron chi connectivity index (χ0n) is 19.0. The minimum atomic E-state index is 0.0526. The number of thiophene rings is 1. The van der Waals surface area contributed by atoms with Crippen LogP contribution in [0.2, 0.25) is 0 Å². The van der Waals surface area contributed by atoms with Gasteiger partial charge >= 0.3 is 0 Å². The highest BCUT2D eigenvalue weighted by molar-refractivity contribution is 7.21. The zero-order chi connectivity index (χ0) is 22.5. The average Bonchev–Trinajstić information content (AvgIpc) is 3.00. The lowest BCUT2D eigenvalue weighted by molar-refractivity contribution is -0.133. The Morgan fingerprint density at radius 3 is 2.53 bits per heavy atom. The number of aryl methyl sites for hydroxylation is 1. The molecule has 32 heavy (non-hydrogen) atoms. The molecule has 1 aliphatic rings. The topological polar surface area (TPSA) is 40.6 Å². The standard InChI is InChI=1S/C27H32N2O2S/c1-28(2)27(31)26-23(22-14-8-9-15-24(22)32-26)19-21-13-7-4-10-18-29(21)25(30)17-16-20-11-5-3-6-12-20/h3,5-6,8-9,11-12,14-15,21H,4,7,10,13,16-19H2,1-2H3/t21-/m1/s1. The van der Waals surface area contributed by atoms with Crippen molar-refractivity contribution in [2.75, 3.05) is 20.6 Å². The molecule has 4 nitrogen and oxygen atoms in total. The summed E-state index contributed by atoms with van der Waals surface area (Å²) in [6, 6.07) is 18.7. The van der Waals surface area contributed by atoms with E-state index in [0.29, 0.717) is 6.42 Å². The van der Waals surface area contributed by atoms with Gasteiger partial charge in [-0.25, -0.2) is 0 Å². The minimum Gasteiger partial charge on any atom is -0.344 e. The summed E-state index contributed by atoms with van der Waals surface area (Å²) in [5, 5.41) is 1.16. The predicted molar refractivity (Wildman–Crippen MR) is 132 cm³/mol. The number of carbonyl (C=O) groups is 2. The molecule has 0 N–H and O–H groups in total. The minimum absolute atomic E-state index is 0.0526. The lowest BCUT2D eigenvalue weighted by Gasteiger charge is -2.31. The number of nitrogens with zero attached hydrogens (tertiary/aromatic N) is 2. The second-order valence-electron chi connectivity index (χ2n) is 8.89. The molecule has 4 rings (SSSR count). The van der Waals surface area contributed by atoms with E-state index >= 15 is 0 Å². The van der Waals surface area contributed by atoms with Gasteiger partial charge in [0.1, 0.15) is 0 Å². The molecule has 0 aliphatic carbocycles. The Bertz CT molecular complexity index is 1070. The van der Waals surface area contributed by atoms with Crippen molar-refractivity contribution in [3.8, 4) is 0 Å². The maximum atomic E-state index is 13.3. The van der Waals surface area contributed by atoms with E-state index in [-0.39, 0.29) is 17.9 Å². The summed E-state index contributed by atoms with van der Waals surface area (Å²) in [4.78, 5) is 30.9. The molecule has 0 radical (unpaired) electrons. The molecule has 168 valence electrons. The number of fused-ring (bicyclic) bond motifs is 1. The van der Waals surface area contributed by atoms with Crippen LogP contribution in [-0.4, -0.2) is 48.3 Å². The van der Waals surface area contributed by atoms with E-state index in [4.69, 9.17) is 0 Å². The van der Waals surface area contributed by atoms with Gasteiger partial charge in [-0.05, 0) is 48.3 Å². The maximum absolute atomic E-state index is 13.3. The molecule has 2 aromatic carbocycles. The Balaban J connectivity index is 1.59. The Morgan fingerprint density at radius 1 is 1.00 bits per heavy atom. The molecule has 5 heteroatoms. The van der Waals surface area contributed by atoms with Crippen LogP contribution < -0.4 is 0 Å². The van der Waals surface area contributed by atoms with Gasteiger partial charge in [0.2, 0.25) is 5.91 Å². The molecule has 0 unspecified atom stereocenters. The molecule has 1 aliphatic heterocycles. The fourth-order valence-electron chi connectivity index (χ4n) is 4.67. The van der Waals surface area contributed by atoms with Crippen LogP contribution >= 0.6 is 11.3 Å². The number of likely N-dealkylation sites (tertiary alicyclic amines) is 1. The Morgan fingerprint density at radius 2 is 1.75 bits per heavy atom. The normalized spacial score (nSPS) is 16.7. The fourth-order valence-corrected chi connectivity index (χ4v) is 5.92. The second-order valence-corrected chi connectivity index (χ2v) is 9.94. The van der Waals surface area contributed by atoms with E-state index in [0.717, 1.165) is 65.6 Å². The highest BCUT2D eigenvalue weighted by Gasteiger charge is 2.29. The maximum Gasteiger partial charge on any atom is 0.263 e. The highest BCUT2D eigenvalue weighted by Crippen LogP contribution is 2.34. The van der Waals surface area contributed by atoms with Crippen LogP contribution in [-0.2, 0) is 17.6 Å². The largest absolute Gasteiger partial charge is 0.344 e. The first-order valence-corrected chi connectivity index (χ1v) is 12.4. The van der Waals surface area contributed by atoms with Gasteiger partial charge in [0, 0.05) is 37.8 Å². The van der Waals surface area contributed by atoms with E-state index in [1.807, 2.05) is 44.4 Å². The highest BCUT2D eigenvalue weighted by atomic mass is 32.1. The Hall–Kier alpha value is -2.66. The lowest BCUT2D eigenvalue weighted by atomic mass is 9.97. The summed E-state index contributed by atoms with van der Waals surface area (Å²) in [7, 11) is 3.61. The van der Waals surface area contributed by atoms with Crippen LogP contribution in [0.5, 0.6) is 0 Å². The first-order chi connectivity index (χ1) is 15.5. The molecule has 0 saturated carbocycles. The number of hydrogen-bond donors (Lipinski definition) is 0. The van der Waals surface area contributed by atoms with E-state index in [1.54, 1.807) is 16.2 Å². The van der Waals surface area contributed by atoms with Crippen LogP contribution in [0.4, 0.5) is 0 Å². The number of rotatable bonds is 6. The van der Waals surface area contributed by atoms with Crippen molar-refractivity contribution in [2.45, 2.75) is 51.0 Å². The molecule has 1 saturated heterocycles. The van der Waals surface area contributed by atoms with E-state index < -0.39 is 0 Å². The summed E-state index contributed by atoms with van der Waals surface area (Å²) in [5.74, 6) is 0.289. The Labute approximate surface area is 194 Å². The van der Waals surface area contributed by atoms with Crippen LogP contribution in [0.1, 0.15) is 52.9 Å². The van der Waals surface area contributed by atoms with Gasteiger partial charge in [0.25, 0.3) is 5.91 Å². The van der Waals surface area contributed by atoms with Gasteiger partial charge in [-0.1, -0.05) is 61.4 Å². The number of carbonyl (C=O) groups excluding carboxylic acids is 2. The molecule has 2 amide bonds. The number of benzene rings is 2. The fraction of sp³-hybridized carbons (Fsp3) is 0.407. The number of amides is 2. The van der Waals surface area contributed by atoms with Crippen molar-refractivity contribution in [1.82, 2.24) is 9.80 Å². The van der Waals surface area contributed by atoms with Crippen LogP contribution in [0.3, 0.4) is 0 Å². The SMILES string of the molecule is CN(C)C(=O)c1sc2ccccc2c1C[C@H]1CCCCCN1C(=O)CCc1ccccc1. The summed E-state index contributed by atoms with van der Waals surface area (Å²) >= 11 is 1.58. The van der Waals surface area contributed by atoms with Crippen LogP contribution in [0, 0.1) is 0 Å². The quantitative estimate of drug-likeness (QED) is 0.496. The Kier molecular flexibility index (Phi) is 7.26. The molecule has 3 aromatic rings. The van der Waals surface area contributed by atoms with Crippen molar-refractivity contribution in [2.24, 2.45) is 0 Å². The van der Waals surface area contributed by atoms with E-state index in [9.17, 15) is 9.59 Å². The van der Waals surface area contributed by atoms with E-state index in [2.05, 4.69) is 29.2 Å². The molecular weight excluding hydrogens is 416 g/mol. The van der Waals surface area contributed by atoms with Gasteiger partial charge in [0.05, 0.1) is 4.88 Å². The molecular formula is C27H32N2O2S. The second kappa shape index (κ2) is 10.3. The van der Waals surface area contributed by atoms with Gasteiger partial charge < -0.3 is 9.80 Å². The first kappa shape index (κ1) is 22.5. The van der Waals surface area contributed by atoms with Crippen LogP contribution in [0.25, 0.3) is 10.1 Å². The molecule has 1 atom stereocenters. The third kappa shape index (κ3) is 5.04. The third-order valence-corrected chi connectivity index (χ3v) is 7.61. The third-order valence-electron chi connectivity index (χ3n) is 6.41. The van der Waals surface area contributed by atoms with Crippen molar-refractivity contribution >= 4 is 33.2 Å². The molecule has 0 spiro atoms. The summed E-state index contributed by atoms with van der Waals surface area (Å²) in [6.07, 6.45) is 6.40. The summed E-state index contributed by atoms with van der Waals surface area (Å²) in [5.41, 5.74) is 2.31.